The van der Waals surface area contributed by atoms with Crippen molar-refractivity contribution in [3.8, 4) is 0 Å². The molecule has 2 N–H and O–H groups in total. The molecular weight excluding hydrogens is 468 g/mol. The van der Waals surface area contributed by atoms with E-state index in [9.17, 15) is 9.59 Å². The Labute approximate surface area is 211 Å². The summed E-state index contributed by atoms with van der Waals surface area (Å²) in [4.78, 5) is 25.4. The number of benzene rings is 1. The summed E-state index contributed by atoms with van der Waals surface area (Å²) >= 11 is 0. The summed E-state index contributed by atoms with van der Waals surface area (Å²) in [6.45, 7) is 2.73. The molecule has 7 nitrogen and oxygen atoms in total. The van der Waals surface area contributed by atoms with Crippen molar-refractivity contribution in [2.75, 3.05) is 57.2 Å². The summed E-state index contributed by atoms with van der Waals surface area (Å²) in [7, 11) is 8.83. The van der Waals surface area contributed by atoms with Gasteiger partial charge in [-0.1, -0.05) is 39.8 Å². The van der Waals surface area contributed by atoms with Crippen molar-refractivity contribution in [1.82, 2.24) is 15.2 Å². The molecule has 0 radical (unpaired) electrons. The van der Waals surface area contributed by atoms with E-state index in [2.05, 4.69) is 33.4 Å². The summed E-state index contributed by atoms with van der Waals surface area (Å²) in [6.07, 6.45) is 7.51. The van der Waals surface area contributed by atoms with Crippen LogP contribution in [0.25, 0.3) is 12.2 Å². The molecule has 0 atom stereocenters. The van der Waals surface area contributed by atoms with Gasteiger partial charge in [-0.2, -0.15) is 0 Å². The quantitative estimate of drug-likeness (QED) is 0.205. The molecule has 0 saturated carbocycles. The number of carbonyl (C=O) groups excluding carboxylic acids is 2. The predicted octanol–water partition coefficient (Wildman–Crippen LogP) is 3.76. The van der Waals surface area contributed by atoms with Crippen LogP contribution in [0.1, 0.15) is 24.1 Å². The average Bonchev–Trinajstić information content (AvgIpc) is 3.29. The Morgan fingerprint density at radius 2 is 1.82 bits per heavy atom. The number of rotatable bonds is 16. The monoisotopic (exact) mass is 504 g/mol. The Hall–Kier alpha value is -2.36. The van der Waals surface area contributed by atoms with Crippen molar-refractivity contribution >= 4 is 51.3 Å². The van der Waals surface area contributed by atoms with Crippen molar-refractivity contribution < 1.29 is 14.3 Å². The Bertz CT molecular complexity index is 900. The topological polar surface area (TPSA) is 75.6 Å². The highest BCUT2D eigenvalue weighted by Gasteiger charge is 2.07. The molecule has 1 amide bonds. The number of anilines is 1. The van der Waals surface area contributed by atoms with Crippen LogP contribution in [0, 0.1) is 0 Å². The molecular formula is C25H36N4O3S2. The Morgan fingerprint density at radius 1 is 1.09 bits per heavy atom. The molecule has 2 rings (SSSR count). The first-order valence-electron chi connectivity index (χ1n) is 11.4. The Balaban J connectivity index is 1.73. The van der Waals surface area contributed by atoms with Crippen LogP contribution in [0.3, 0.4) is 0 Å². The average molecular weight is 505 g/mol. The van der Waals surface area contributed by atoms with Gasteiger partial charge in [-0.05, 0) is 49.4 Å². The molecule has 9 heteroatoms. The van der Waals surface area contributed by atoms with Crippen LogP contribution in [-0.2, 0) is 20.9 Å². The molecule has 0 spiro atoms. The van der Waals surface area contributed by atoms with Gasteiger partial charge in [0.05, 0.1) is 7.11 Å². The van der Waals surface area contributed by atoms with Gasteiger partial charge in [0.2, 0.25) is 5.91 Å². The number of hydrogen-bond acceptors (Lipinski definition) is 7. The lowest BCUT2D eigenvalue weighted by Gasteiger charge is -2.17. The highest BCUT2D eigenvalue weighted by atomic mass is 33.1. The zero-order valence-corrected chi connectivity index (χ0v) is 21.9. The maximum Gasteiger partial charge on any atom is 0.325 e. The van der Waals surface area contributed by atoms with Gasteiger partial charge in [0.25, 0.3) is 0 Å². The number of amides is 1. The minimum absolute atomic E-state index is 0.113. The fourth-order valence-electron chi connectivity index (χ4n) is 3.15. The normalized spacial score (nSPS) is 11.0. The highest BCUT2D eigenvalue weighted by molar-refractivity contribution is 8.76. The van der Waals surface area contributed by atoms with E-state index in [-0.39, 0.29) is 18.4 Å². The van der Waals surface area contributed by atoms with Gasteiger partial charge >= 0.3 is 5.97 Å². The smallest absolute Gasteiger partial charge is 0.325 e. The van der Waals surface area contributed by atoms with Crippen molar-refractivity contribution in [2.24, 2.45) is 0 Å². The minimum Gasteiger partial charge on any atom is -0.468 e. The molecule has 0 aliphatic rings. The van der Waals surface area contributed by atoms with E-state index in [1.165, 1.54) is 7.11 Å². The molecule has 186 valence electrons. The second-order valence-corrected chi connectivity index (χ2v) is 10.4. The van der Waals surface area contributed by atoms with E-state index in [1.807, 2.05) is 66.3 Å². The molecule has 0 bridgehead atoms. The van der Waals surface area contributed by atoms with Gasteiger partial charge in [-0.15, -0.1) is 0 Å². The van der Waals surface area contributed by atoms with Gasteiger partial charge in [0.15, 0.2) is 0 Å². The molecule has 0 saturated heterocycles. The van der Waals surface area contributed by atoms with Gasteiger partial charge in [-0.3, -0.25) is 9.59 Å². The largest absolute Gasteiger partial charge is 0.468 e. The number of methoxy groups -OCH3 is 1. The molecule has 2 aromatic rings. The minimum atomic E-state index is -0.265. The number of likely N-dealkylation sites (N-methyl/N-ethyl adjacent to an activating group) is 1. The Kier molecular flexibility index (Phi) is 13.4. The number of carbonyl (C=O) groups is 2. The van der Waals surface area contributed by atoms with Gasteiger partial charge in [0, 0.05) is 62.2 Å². The number of aryl methyl sites for hydroxylation is 1. The summed E-state index contributed by atoms with van der Waals surface area (Å²) in [6, 6.07) is 12.1. The maximum atomic E-state index is 12.1. The van der Waals surface area contributed by atoms with E-state index in [0.29, 0.717) is 13.0 Å². The number of ether oxygens (including phenoxy) is 1. The predicted molar refractivity (Wildman–Crippen MR) is 146 cm³/mol. The van der Waals surface area contributed by atoms with Crippen LogP contribution in [0.5, 0.6) is 0 Å². The Morgan fingerprint density at radius 3 is 2.53 bits per heavy atom. The van der Waals surface area contributed by atoms with Crippen LogP contribution in [0.2, 0.25) is 0 Å². The van der Waals surface area contributed by atoms with E-state index >= 15 is 0 Å². The lowest BCUT2D eigenvalue weighted by molar-refractivity contribution is -0.138. The molecule has 0 fully saturated rings. The van der Waals surface area contributed by atoms with Crippen LogP contribution in [-0.4, -0.2) is 68.8 Å². The van der Waals surface area contributed by atoms with Crippen LogP contribution in [0.15, 0.2) is 42.6 Å². The number of nitrogens with one attached hydrogen (secondary N) is 2. The first-order valence-corrected chi connectivity index (χ1v) is 13.9. The van der Waals surface area contributed by atoms with Crippen molar-refractivity contribution in [3.63, 3.8) is 0 Å². The van der Waals surface area contributed by atoms with Crippen LogP contribution >= 0.6 is 21.6 Å². The molecule has 0 aliphatic carbocycles. The first-order chi connectivity index (χ1) is 16.5. The number of hydrogen-bond donors (Lipinski definition) is 2. The fraction of sp³-hybridized carbons (Fsp3) is 0.440. The van der Waals surface area contributed by atoms with Gasteiger partial charge in [-0.25, -0.2) is 0 Å². The van der Waals surface area contributed by atoms with E-state index in [1.54, 1.807) is 10.8 Å². The van der Waals surface area contributed by atoms with E-state index < -0.39 is 0 Å². The third-order valence-electron chi connectivity index (χ3n) is 5.07. The third-order valence-corrected chi connectivity index (χ3v) is 7.48. The summed E-state index contributed by atoms with van der Waals surface area (Å²) < 4.78 is 6.88. The maximum absolute atomic E-state index is 12.1. The summed E-state index contributed by atoms with van der Waals surface area (Å²) in [5.41, 5.74) is 3.13. The second-order valence-electron chi connectivity index (χ2n) is 7.68. The second kappa shape index (κ2) is 16.3. The number of nitrogens with zero attached hydrogens (tertiary/aromatic N) is 2. The highest BCUT2D eigenvalue weighted by Crippen LogP contribution is 2.19. The summed E-state index contributed by atoms with van der Waals surface area (Å²) in [5, 5.41) is 6.12. The standard InChI is InChI=1S/C25H36N4O3S2/c1-26-14-18-33-34-19-15-27-24(30)7-5-17-29-16-4-6-23(29)13-10-21-8-11-22(12-9-21)28(2)20-25(31)32-3/h4,6,8-13,16,26H,5,7,14-15,17-20H2,1-3H3,(H,27,30)/b13-10+. The molecule has 0 aliphatic heterocycles. The van der Waals surface area contributed by atoms with Crippen molar-refractivity contribution in [1.29, 1.82) is 0 Å². The van der Waals surface area contributed by atoms with E-state index in [4.69, 9.17) is 4.74 Å². The van der Waals surface area contributed by atoms with Gasteiger partial charge in [0.1, 0.15) is 6.54 Å². The lowest BCUT2D eigenvalue weighted by Crippen LogP contribution is -2.26. The zero-order valence-electron chi connectivity index (χ0n) is 20.3. The zero-order chi connectivity index (χ0) is 24.6. The molecule has 0 unspecified atom stereocenters. The number of aromatic nitrogens is 1. The van der Waals surface area contributed by atoms with Gasteiger partial charge < -0.3 is 24.8 Å². The molecule has 1 aromatic heterocycles. The SMILES string of the molecule is CNCCSSCCNC(=O)CCCn1cccc1/C=C/c1ccc(N(C)CC(=O)OC)cc1. The van der Waals surface area contributed by atoms with E-state index in [0.717, 1.165) is 48.0 Å². The summed E-state index contributed by atoms with van der Waals surface area (Å²) in [5.74, 6) is 1.85. The number of esters is 1. The fourth-order valence-corrected chi connectivity index (χ4v) is 5.06. The van der Waals surface area contributed by atoms with Crippen LogP contribution in [0.4, 0.5) is 5.69 Å². The molecule has 1 heterocycles. The van der Waals surface area contributed by atoms with Crippen LogP contribution < -0.4 is 15.5 Å². The molecule has 1 aromatic carbocycles. The first kappa shape index (κ1) is 27.9. The lowest BCUT2D eigenvalue weighted by atomic mass is 10.1. The molecule has 34 heavy (non-hydrogen) atoms. The van der Waals surface area contributed by atoms with Crippen molar-refractivity contribution in [2.45, 2.75) is 19.4 Å². The van der Waals surface area contributed by atoms with Crippen molar-refractivity contribution in [3.05, 3.63) is 53.9 Å². The third kappa shape index (κ3) is 10.7.